The lowest BCUT2D eigenvalue weighted by Crippen LogP contribution is -2.54. The third-order valence-electron chi connectivity index (χ3n) is 2.56. The molecular weight excluding hydrogens is 350 g/mol. The van der Waals surface area contributed by atoms with Gasteiger partial charge in [0.05, 0.1) is 0 Å². The third kappa shape index (κ3) is 8.18. The highest BCUT2D eigenvalue weighted by Gasteiger charge is 2.47. The summed E-state index contributed by atoms with van der Waals surface area (Å²) < 4.78 is 45.0. The van der Waals surface area contributed by atoms with Crippen LogP contribution in [-0.4, -0.2) is 61.0 Å². The molecule has 142 valence electrons. The first-order valence-corrected chi connectivity index (χ1v) is 6.91. The number of rotatable bonds is 9. The van der Waals surface area contributed by atoms with E-state index in [1.807, 2.05) is 0 Å². The maximum atomic E-state index is 13.3. The summed E-state index contributed by atoms with van der Waals surface area (Å²) in [6.07, 6.45) is -11.7. The van der Waals surface area contributed by atoms with E-state index in [0.717, 1.165) is 27.7 Å². The normalized spacial score (nSPS) is 15.3. The van der Waals surface area contributed by atoms with Crippen LogP contribution in [0.4, 0.5) is 8.78 Å². The lowest BCUT2D eigenvalue weighted by molar-refractivity contribution is -0.207. The Labute approximate surface area is 141 Å². The second-order valence-corrected chi connectivity index (χ2v) is 4.77. The minimum atomic E-state index is -3.36. The van der Waals surface area contributed by atoms with Crippen LogP contribution in [0.15, 0.2) is 0 Å². The van der Waals surface area contributed by atoms with Crippen LogP contribution in [0.5, 0.6) is 0 Å². The molecule has 25 heavy (non-hydrogen) atoms. The van der Waals surface area contributed by atoms with Crippen LogP contribution in [0, 0.1) is 0 Å². The molecule has 0 heterocycles. The average molecular weight is 368 g/mol. The first-order chi connectivity index (χ1) is 11.5. The van der Waals surface area contributed by atoms with Crippen molar-refractivity contribution in [1.29, 1.82) is 0 Å². The smallest absolute Gasteiger partial charge is 0.303 e. The molecule has 0 spiro atoms. The van der Waals surface area contributed by atoms with Gasteiger partial charge >= 0.3 is 23.9 Å². The zero-order valence-electron chi connectivity index (χ0n) is 13.9. The molecule has 0 aromatic rings. The van der Waals surface area contributed by atoms with E-state index in [2.05, 4.69) is 14.2 Å². The monoisotopic (exact) mass is 368 g/mol. The molecule has 0 bridgehead atoms. The molecule has 0 amide bonds. The highest BCUT2D eigenvalue weighted by Crippen LogP contribution is 2.22. The molecule has 11 heteroatoms. The fraction of sp³-hybridized carbons (Fsp3) is 0.643. The fourth-order valence-electron chi connectivity index (χ4n) is 1.84. The summed E-state index contributed by atoms with van der Waals surface area (Å²) in [5.41, 5.74) is 0. The number of halogens is 2. The van der Waals surface area contributed by atoms with Crippen LogP contribution in [0.3, 0.4) is 0 Å². The van der Waals surface area contributed by atoms with Crippen molar-refractivity contribution in [2.45, 2.75) is 58.5 Å². The third-order valence-corrected chi connectivity index (χ3v) is 2.56. The van der Waals surface area contributed by atoms with E-state index in [4.69, 9.17) is 4.74 Å². The Morgan fingerprint density at radius 1 is 0.680 bits per heavy atom. The molecule has 4 atom stereocenters. The maximum absolute atomic E-state index is 13.3. The Morgan fingerprint density at radius 3 is 1.36 bits per heavy atom. The summed E-state index contributed by atoms with van der Waals surface area (Å²) >= 11 is 0. The second-order valence-electron chi connectivity index (χ2n) is 4.77. The molecule has 0 aliphatic carbocycles. The number of esters is 4. The molecule has 0 radical (unpaired) electrons. The number of hydrogen-bond acceptors (Lipinski definition) is 9. The Morgan fingerprint density at radius 2 is 1.04 bits per heavy atom. The van der Waals surface area contributed by atoms with Gasteiger partial charge in [-0.05, 0) is 0 Å². The van der Waals surface area contributed by atoms with Crippen LogP contribution < -0.4 is 0 Å². The van der Waals surface area contributed by atoms with Gasteiger partial charge in [-0.1, -0.05) is 0 Å². The number of ether oxygens (including phenoxy) is 4. The zero-order valence-corrected chi connectivity index (χ0v) is 13.9. The summed E-state index contributed by atoms with van der Waals surface area (Å²) in [5.74, 6) is -4.26. The van der Waals surface area contributed by atoms with Crippen LogP contribution in [0.25, 0.3) is 0 Å². The number of alkyl halides is 2. The van der Waals surface area contributed by atoms with Crippen molar-refractivity contribution in [3.8, 4) is 0 Å². The van der Waals surface area contributed by atoms with Crippen molar-refractivity contribution >= 4 is 30.2 Å². The van der Waals surface area contributed by atoms with Crippen LogP contribution in [-0.2, 0) is 42.9 Å². The molecule has 0 N–H and O–H groups in total. The number of aldehydes is 1. The zero-order chi connectivity index (χ0) is 19.7. The van der Waals surface area contributed by atoms with Gasteiger partial charge in [-0.2, -0.15) is 0 Å². The highest BCUT2D eigenvalue weighted by molar-refractivity contribution is 5.72. The number of carbonyl (C=O) groups is 5. The van der Waals surface area contributed by atoms with Gasteiger partial charge in [0, 0.05) is 27.7 Å². The molecule has 0 aromatic carbocycles. The Balaban J connectivity index is 5.98. The van der Waals surface area contributed by atoms with Gasteiger partial charge in [0.2, 0.25) is 6.10 Å². The molecule has 4 unspecified atom stereocenters. The lowest BCUT2D eigenvalue weighted by Gasteiger charge is -2.33. The van der Waals surface area contributed by atoms with Gasteiger partial charge in [-0.25, -0.2) is 8.78 Å². The molecule has 9 nitrogen and oxygen atoms in total. The summed E-state index contributed by atoms with van der Waals surface area (Å²) in [6.45, 7) is 3.48. The van der Waals surface area contributed by atoms with Gasteiger partial charge in [-0.15, -0.1) is 0 Å². The van der Waals surface area contributed by atoms with Gasteiger partial charge in [0.25, 0.3) is 6.43 Å². The summed E-state index contributed by atoms with van der Waals surface area (Å²) in [4.78, 5) is 55.8. The van der Waals surface area contributed by atoms with Crippen molar-refractivity contribution in [3.05, 3.63) is 0 Å². The summed E-state index contributed by atoms with van der Waals surface area (Å²) in [5, 5.41) is 0. The predicted octanol–water partition coefficient (Wildman–Crippen LogP) is 0.177. The van der Waals surface area contributed by atoms with E-state index in [1.165, 1.54) is 0 Å². The summed E-state index contributed by atoms with van der Waals surface area (Å²) in [7, 11) is 0. The van der Waals surface area contributed by atoms with Crippen LogP contribution in [0.1, 0.15) is 27.7 Å². The molecule has 0 aromatic heterocycles. The molecule has 0 saturated heterocycles. The van der Waals surface area contributed by atoms with E-state index >= 15 is 0 Å². The van der Waals surface area contributed by atoms with E-state index in [9.17, 15) is 32.8 Å². The predicted molar refractivity (Wildman–Crippen MR) is 74.3 cm³/mol. The first-order valence-electron chi connectivity index (χ1n) is 6.91. The van der Waals surface area contributed by atoms with E-state index in [-0.39, 0.29) is 6.29 Å². The number of hydrogen-bond donors (Lipinski definition) is 0. The van der Waals surface area contributed by atoms with Crippen molar-refractivity contribution in [1.82, 2.24) is 0 Å². The Bertz CT molecular complexity index is 520. The summed E-state index contributed by atoms with van der Waals surface area (Å²) in [6, 6.07) is 0. The fourth-order valence-corrected chi connectivity index (χ4v) is 1.84. The Kier molecular flexibility index (Phi) is 9.24. The highest BCUT2D eigenvalue weighted by atomic mass is 19.3. The van der Waals surface area contributed by atoms with Crippen molar-refractivity contribution in [3.63, 3.8) is 0 Å². The second kappa shape index (κ2) is 10.3. The molecule has 0 fully saturated rings. The SMILES string of the molecule is CC(=O)OC(C=O)C(OC(C)=O)C(OC(C)=O)C(OC(C)=O)C(F)F. The molecule has 0 aliphatic rings. The van der Waals surface area contributed by atoms with Crippen LogP contribution in [0.2, 0.25) is 0 Å². The quantitative estimate of drug-likeness (QED) is 0.318. The lowest BCUT2D eigenvalue weighted by atomic mass is 10.0. The van der Waals surface area contributed by atoms with Crippen molar-refractivity contribution in [2.75, 3.05) is 0 Å². The maximum Gasteiger partial charge on any atom is 0.303 e. The molecule has 0 aliphatic heterocycles. The van der Waals surface area contributed by atoms with E-state index in [0.29, 0.717) is 0 Å². The number of carbonyl (C=O) groups excluding carboxylic acids is 5. The molecule has 0 saturated carbocycles. The van der Waals surface area contributed by atoms with Crippen molar-refractivity contribution in [2.24, 2.45) is 0 Å². The average Bonchev–Trinajstić information content (AvgIpc) is 2.45. The Hall–Kier alpha value is -2.59. The van der Waals surface area contributed by atoms with Crippen molar-refractivity contribution < 1.29 is 51.7 Å². The molecular formula is C14H18F2O9. The van der Waals surface area contributed by atoms with Gasteiger partial charge in [0.1, 0.15) is 0 Å². The largest absolute Gasteiger partial charge is 0.454 e. The van der Waals surface area contributed by atoms with Gasteiger partial charge < -0.3 is 18.9 Å². The van der Waals surface area contributed by atoms with Gasteiger partial charge in [-0.3, -0.25) is 24.0 Å². The first kappa shape index (κ1) is 22.4. The van der Waals surface area contributed by atoms with E-state index < -0.39 is 54.7 Å². The standard InChI is InChI=1S/C14H18F2O9/c1-6(18)22-10(5-17)11(23-7(2)19)12(24-8(3)20)13(14(15)16)25-9(4)21/h5,10-14H,1-4H3. The van der Waals surface area contributed by atoms with E-state index in [1.54, 1.807) is 0 Å². The molecule has 0 rings (SSSR count). The van der Waals surface area contributed by atoms with Crippen LogP contribution >= 0.6 is 0 Å². The minimum absolute atomic E-state index is 0.00179. The topological polar surface area (TPSA) is 122 Å². The van der Waals surface area contributed by atoms with Gasteiger partial charge in [0.15, 0.2) is 24.6 Å². The minimum Gasteiger partial charge on any atom is -0.454 e.